The van der Waals surface area contributed by atoms with Gasteiger partial charge in [-0.05, 0) is 40.3 Å². The first-order valence-corrected chi connectivity index (χ1v) is 5.22. The first-order valence-electron chi connectivity index (χ1n) is 5.22. The lowest BCUT2D eigenvalue weighted by atomic mass is 10.1. The zero-order valence-corrected chi connectivity index (χ0v) is 9.74. The van der Waals surface area contributed by atoms with Gasteiger partial charge in [0.25, 0.3) is 0 Å². The van der Waals surface area contributed by atoms with Crippen molar-refractivity contribution in [1.29, 1.82) is 0 Å². The Morgan fingerprint density at radius 1 is 1.21 bits per heavy atom. The fourth-order valence-corrected chi connectivity index (χ4v) is 0.977. The molecular formula is C10H23N3O. The van der Waals surface area contributed by atoms with Crippen molar-refractivity contribution in [3.8, 4) is 0 Å². The van der Waals surface area contributed by atoms with Crippen LogP contribution in [0.15, 0.2) is 0 Å². The molecule has 0 saturated carbocycles. The van der Waals surface area contributed by atoms with Gasteiger partial charge in [-0.25, -0.2) is 4.79 Å². The van der Waals surface area contributed by atoms with Crippen LogP contribution in [0.5, 0.6) is 0 Å². The summed E-state index contributed by atoms with van der Waals surface area (Å²) in [6.45, 7) is 10.6. The summed E-state index contributed by atoms with van der Waals surface area (Å²) in [4.78, 5) is 11.2. The summed E-state index contributed by atoms with van der Waals surface area (Å²) in [7, 11) is 0. The highest BCUT2D eigenvalue weighted by Gasteiger charge is 2.12. The molecule has 0 aromatic heterocycles. The molecule has 0 spiro atoms. The van der Waals surface area contributed by atoms with Crippen LogP contribution in [0.3, 0.4) is 0 Å². The van der Waals surface area contributed by atoms with Crippen molar-refractivity contribution in [2.75, 3.05) is 19.6 Å². The summed E-state index contributed by atoms with van der Waals surface area (Å²) in [5.74, 6) is 0. The third-order valence-corrected chi connectivity index (χ3v) is 1.55. The molecule has 3 N–H and O–H groups in total. The number of rotatable bonds is 5. The second-order valence-electron chi connectivity index (χ2n) is 4.34. The fourth-order valence-electron chi connectivity index (χ4n) is 0.977. The molecule has 0 saturated heterocycles. The second-order valence-corrected chi connectivity index (χ2v) is 4.34. The Morgan fingerprint density at radius 2 is 1.86 bits per heavy atom. The molecule has 0 radical (unpaired) electrons. The zero-order valence-electron chi connectivity index (χ0n) is 9.74. The first-order chi connectivity index (χ1) is 6.45. The van der Waals surface area contributed by atoms with Crippen LogP contribution in [0.4, 0.5) is 4.79 Å². The van der Waals surface area contributed by atoms with Gasteiger partial charge in [0, 0.05) is 12.1 Å². The highest BCUT2D eigenvalue weighted by atomic mass is 16.2. The standard InChI is InChI=1S/C10H23N3O/c1-5-11-7-6-8-12-9(14)13-10(2,3)4/h11H,5-8H2,1-4H3,(H2,12,13,14). The molecule has 0 aliphatic rings. The van der Waals surface area contributed by atoms with E-state index < -0.39 is 0 Å². The summed E-state index contributed by atoms with van der Waals surface area (Å²) in [5, 5.41) is 8.85. The van der Waals surface area contributed by atoms with Gasteiger partial charge in [-0.2, -0.15) is 0 Å². The Hall–Kier alpha value is -0.770. The normalized spacial score (nSPS) is 11.1. The van der Waals surface area contributed by atoms with Crippen molar-refractivity contribution >= 4 is 6.03 Å². The van der Waals surface area contributed by atoms with Crippen LogP contribution in [-0.2, 0) is 0 Å². The highest BCUT2D eigenvalue weighted by molar-refractivity contribution is 5.74. The second kappa shape index (κ2) is 6.65. The van der Waals surface area contributed by atoms with Gasteiger partial charge in [-0.15, -0.1) is 0 Å². The number of carbonyl (C=O) groups excluding carboxylic acids is 1. The first kappa shape index (κ1) is 13.2. The number of carbonyl (C=O) groups is 1. The van der Waals surface area contributed by atoms with E-state index in [1.165, 1.54) is 0 Å². The van der Waals surface area contributed by atoms with Crippen molar-refractivity contribution in [1.82, 2.24) is 16.0 Å². The van der Waals surface area contributed by atoms with E-state index in [2.05, 4.69) is 22.9 Å². The number of nitrogens with one attached hydrogen (secondary N) is 3. The number of hydrogen-bond donors (Lipinski definition) is 3. The lowest BCUT2D eigenvalue weighted by molar-refractivity contribution is 0.232. The van der Waals surface area contributed by atoms with E-state index in [1.807, 2.05) is 20.8 Å². The molecule has 4 heteroatoms. The summed E-state index contributed by atoms with van der Waals surface area (Å²) in [6, 6.07) is -0.0889. The van der Waals surface area contributed by atoms with E-state index in [-0.39, 0.29) is 11.6 Å². The van der Waals surface area contributed by atoms with E-state index in [4.69, 9.17) is 0 Å². The Balaban J connectivity index is 3.36. The maximum absolute atomic E-state index is 11.2. The molecular weight excluding hydrogens is 178 g/mol. The molecule has 0 aromatic carbocycles. The maximum Gasteiger partial charge on any atom is 0.315 e. The molecule has 0 atom stereocenters. The van der Waals surface area contributed by atoms with Crippen molar-refractivity contribution in [2.24, 2.45) is 0 Å². The minimum absolute atomic E-state index is 0.0889. The third kappa shape index (κ3) is 9.32. The van der Waals surface area contributed by atoms with E-state index in [0.717, 1.165) is 26.1 Å². The minimum Gasteiger partial charge on any atom is -0.338 e. The maximum atomic E-state index is 11.2. The summed E-state index contributed by atoms with van der Waals surface area (Å²) < 4.78 is 0. The summed E-state index contributed by atoms with van der Waals surface area (Å²) >= 11 is 0. The van der Waals surface area contributed by atoms with Gasteiger partial charge in [0.2, 0.25) is 0 Å². The van der Waals surface area contributed by atoms with Crippen molar-refractivity contribution in [3.63, 3.8) is 0 Å². The van der Waals surface area contributed by atoms with Crippen LogP contribution in [-0.4, -0.2) is 31.2 Å². The topological polar surface area (TPSA) is 53.2 Å². The minimum atomic E-state index is -0.161. The van der Waals surface area contributed by atoms with Gasteiger partial charge in [-0.1, -0.05) is 6.92 Å². The molecule has 0 aromatic rings. The van der Waals surface area contributed by atoms with Crippen LogP contribution in [0.25, 0.3) is 0 Å². The van der Waals surface area contributed by atoms with Crippen molar-refractivity contribution in [3.05, 3.63) is 0 Å². The lowest BCUT2D eigenvalue weighted by Crippen LogP contribution is -2.46. The molecule has 2 amide bonds. The summed E-state index contributed by atoms with van der Waals surface area (Å²) in [5.41, 5.74) is -0.161. The molecule has 0 rings (SSSR count). The quantitative estimate of drug-likeness (QED) is 0.583. The molecule has 4 nitrogen and oxygen atoms in total. The van der Waals surface area contributed by atoms with E-state index >= 15 is 0 Å². The van der Waals surface area contributed by atoms with Crippen LogP contribution in [0.2, 0.25) is 0 Å². The fraction of sp³-hybridized carbons (Fsp3) is 0.900. The van der Waals surface area contributed by atoms with Gasteiger partial charge < -0.3 is 16.0 Å². The average molecular weight is 201 g/mol. The molecule has 0 aliphatic carbocycles. The molecule has 0 bridgehead atoms. The van der Waals surface area contributed by atoms with Gasteiger partial charge in [0.1, 0.15) is 0 Å². The molecule has 14 heavy (non-hydrogen) atoms. The average Bonchev–Trinajstić information content (AvgIpc) is 2.00. The molecule has 0 aliphatic heterocycles. The number of hydrogen-bond acceptors (Lipinski definition) is 2. The Kier molecular flexibility index (Phi) is 6.28. The van der Waals surface area contributed by atoms with Crippen LogP contribution in [0, 0.1) is 0 Å². The van der Waals surface area contributed by atoms with Crippen molar-refractivity contribution in [2.45, 2.75) is 39.7 Å². The molecule has 0 unspecified atom stereocenters. The Morgan fingerprint density at radius 3 is 2.36 bits per heavy atom. The monoisotopic (exact) mass is 201 g/mol. The largest absolute Gasteiger partial charge is 0.338 e. The number of amides is 2. The summed E-state index contributed by atoms with van der Waals surface area (Å²) in [6.07, 6.45) is 0.964. The van der Waals surface area contributed by atoms with Gasteiger partial charge in [-0.3, -0.25) is 0 Å². The molecule has 0 fully saturated rings. The van der Waals surface area contributed by atoms with Gasteiger partial charge in [0.15, 0.2) is 0 Å². The zero-order chi connectivity index (χ0) is 11.0. The highest BCUT2D eigenvalue weighted by Crippen LogP contribution is 1.97. The SMILES string of the molecule is CCNCCCNC(=O)NC(C)(C)C. The smallest absolute Gasteiger partial charge is 0.315 e. The van der Waals surface area contributed by atoms with Crippen LogP contribution in [0.1, 0.15) is 34.1 Å². The van der Waals surface area contributed by atoms with Gasteiger partial charge >= 0.3 is 6.03 Å². The Bertz CT molecular complexity index is 163. The van der Waals surface area contributed by atoms with Crippen LogP contribution < -0.4 is 16.0 Å². The Labute approximate surface area is 86.8 Å². The predicted octanol–water partition coefficient (Wildman–Crippen LogP) is 1.08. The van der Waals surface area contributed by atoms with Gasteiger partial charge in [0.05, 0.1) is 0 Å². The number of urea groups is 1. The third-order valence-electron chi connectivity index (χ3n) is 1.55. The van der Waals surface area contributed by atoms with Crippen LogP contribution >= 0.6 is 0 Å². The van der Waals surface area contributed by atoms with E-state index in [1.54, 1.807) is 0 Å². The van der Waals surface area contributed by atoms with E-state index in [9.17, 15) is 4.79 Å². The molecule has 84 valence electrons. The predicted molar refractivity (Wildman–Crippen MR) is 59.4 cm³/mol. The van der Waals surface area contributed by atoms with E-state index in [0.29, 0.717) is 0 Å². The van der Waals surface area contributed by atoms with Crippen molar-refractivity contribution < 1.29 is 4.79 Å². The lowest BCUT2D eigenvalue weighted by Gasteiger charge is -2.20. The molecule has 0 heterocycles.